The van der Waals surface area contributed by atoms with Gasteiger partial charge in [0.25, 0.3) is 0 Å². The van der Waals surface area contributed by atoms with Crippen molar-refractivity contribution in [2.45, 2.75) is 5.92 Å². The maximum Gasteiger partial charge on any atom is 0.350 e. The fourth-order valence-corrected chi connectivity index (χ4v) is 1.35. The zero-order valence-electron chi connectivity index (χ0n) is 9.06. The van der Waals surface area contributed by atoms with E-state index in [0.717, 1.165) is 14.2 Å². The van der Waals surface area contributed by atoms with Gasteiger partial charge < -0.3 is 13.9 Å². The van der Waals surface area contributed by atoms with Gasteiger partial charge in [-0.1, -0.05) is 0 Å². The highest BCUT2D eigenvalue weighted by Gasteiger charge is 2.33. The summed E-state index contributed by atoms with van der Waals surface area (Å²) < 4.78 is 13.9. The highest BCUT2D eigenvalue weighted by molar-refractivity contribution is 9.10. The van der Waals surface area contributed by atoms with Crippen LogP contribution in [0.15, 0.2) is 25.8 Å². The first kappa shape index (κ1) is 13.4. The van der Waals surface area contributed by atoms with Gasteiger partial charge in [-0.25, -0.2) is 4.79 Å². The van der Waals surface area contributed by atoms with Gasteiger partial charge in [-0.2, -0.15) is 0 Å². The van der Waals surface area contributed by atoms with Crippen LogP contribution in [0.5, 0.6) is 0 Å². The minimum absolute atomic E-state index is 0.128. The molecule has 0 unspecified atom stereocenters. The van der Waals surface area contributed by atoms with Crippen molar-refractivity contribution in [1.82, 2.24) is 0 Å². The van der Waals surface area contributed by atoms with Crippen LogP contribution in [-0.4, -0.2) is 26.2 Å². The van der Waals surface area contributed by atoms with Crippen LogP contribution in [0.1, 0.15) is 11.7 Å². The van der Waals surface area contributed by atoms with Gasteiger partial charge in [-0.3, -0.25) is 9.59 Å². The van der Waals surface area contributed by atoms with Gasteiger partial charge in [0.1, 0.15) is 10.2 Å². The summed E-state index contributed by atoms with van der Waals surface area (Å²) in [7, 11) is 2.24. The quantitative estimate of drug-likeness (QED) is 0.607. The third-order valence-electron chi connectivity index (χ3n) is 1.96. The van der Waals surface area contributed by atoms with E-state index in [1.54, 1.807) is 0 Å². The van der Waals surface area contributed by atoms with Crippen LogP contribution in [0.25, 0.3) is 0 Å². The maximum atomic E-state index is 11.4. The summed E-state index contributed by atoms with van der Waals surface area (Å²) >= 11 is 2.95. The van der Waals surface area contributed by atoms with Gasteiger partial charge in [0.2, 0.25) is 5.92 Å². The Balaban J connectivity index is 3.22. The fourth-order valence-electron chi connectivity index (χ4n) is 1.13. The zero-order valence-corrected chi connectivity index (χ0v) is 10.6. The van der Waals surface area contributed by atoms with Crippen LogP contribution >= 0.6 is 15.9 Å². The van der Waals surface area contributed by atoms with Gasteiger partial charge in [0.05, 0.1) is 14.2 Å². The van der Waals surface area contributed by atoms with Crippen LogP contribution < -0.4 is 5.63 Å². The van der Waals surface area contributed by atoms with Crippen molar-refractivity contribution in [1.29, 1.82) is 0 Å². The molecule has 1 aromatic heterocycles. The van der Waals surface area contributed by atoms with Gasteiger partial charge >= 0.3 is 17.6 Å². The minimum Gasteiger partial charge on any atom is -0.468 e. The van der Waals surface area contributed by atoms with Crippen LogP contribution in [0.4, 0.5) is 0 Å². The molecule has 0 N–H and O–H groups in total. The molecule has 92 valence electrons. The molecular formula is C10H9BrO6. The lowest BCUT2D eigenvalue weighted by Crippen LogP contribution is -2.25. The number of ether oxygens (including phenoxy) is 2. The molecule has 0 saturated carbocycles. The molecule has 0 fully saturated rings. The molecule has 0 radical (unpaired) electrons. The molecule has 0 aliphatic heterocycles. The Bertz CT molecular complexity index is 476. The predicted molar refractivity (Wildman–Crippen MR) is 59.5 cm³/mol. The average molecular weight is 305 g/mol. The van der Waals surface area contributed by atoms with Crippen LogP contribution in [0.3, 0.4) is 0 Å². The first-order valence-electron chi connectivity index (χ1n) is 4.46. The lowest BCUT2D eigenvalue weighted by molar-refractivity contribution is -0.154. The van der Waals surface area contributed by atoms with Crippen molar-refractivity contribution in [2.24, 2.45) is 0 Å². The third kappa shape index (κ3) is 2.94. The second-order valence-electron chi connectivity index (χ2n) is 2.95. The summed E-state index contributed by atoms with van der Waals surface area (Å²) in [6, 6.07) is 2.70. The van der Waals surface area contributed by atoms with E-state index in [1.807, 2.05) is 0 Å². The summed E-state index contributed by atoms with van der Waals surface area (Å²) in [5.74, 6) is -3.24. The fraction of sp³-hybridized carbons (Fsp3) is 0.300. The third-order valence-corrected chi connectivity index (χ3v) is 2.55. The van der Waals surface area contributed by atoms with E-state index >= 15 is 0 Å². The summed E-state index contributed by atoms with van der Waals surface area (Å²) in [6.07, 6.45) is 0. The van der Waals surface area contributed by atoms with Crippen molar-refractivity contribution >= 4 is 27.9 Å². The second kappa shape index (κ2) is 5.62. The van der Waals surface area contributed by atoms with E-state index in [0.29, 0.717) is 0 Å². The first-order valence-corrected chi connectivity index (χ1v) is 5.25. The average Bonchev–Trinajstić information content (AvgIpc) is 2.33. The Kier molecular flexibility index (Phi) is 4.45. The zero-order chi connectivity index (χ0) is 13.0. The number of carbonyl (C=O) groups is 2. The lowest BCUT2D eigenvalue weighted by atomic mass is 10.1. The van der Waals surface area contributed by atoms with Crippen molar-refractivity contribution in [3.05, 3.63) is 32.8 Å². The van der Waals surface area contributed by atoms with Crippen molar-refractivity contribution < 1.29 is 23.5 Å². The van der Waals surface area contributed by atoms with E-state index in [2.05, 4.69) is 25.4 Å². The number of hydrogen-bond donors (Lipinski definition) is 0. The van der Waals surface area contributed by atoms with Crippen LogP contribution in [-0.2, 0) is 19.1 Å². The lowest BCUT2D eigenvalue weighted by Gasteiger charge is -2.10. The molecule has 0 atom stereocenters. The highest BCUT2D eigenvalue weighted by Crippen LogP contribution is 2.19. The number of methoxy groups -OCH3 is 2. The van der Waals surface area contributed by atoms with E-state index in [9.17, 15) is 14.4 Å². The van der Waals surface area contributed by atoms with E-state index in [4.69, 9.17) is 4.42 Å². The van der Waals surface area contributed by atoms with Crippen LogP contribution in [0.2, 0.25) is 0 Å². The van der Waals surface area contributed by atoms with Crippen LogP contribution in [0, 0.1) is 0 Å². The van der Waals surface area contributed by atoms with E-state index in [-0.39, 0.29) is 10.2 Å². The molecule has 0 amide bonds. The minimum atomic E-state index is -1.40. The SMILES string of the molecule is COC(=O)C(C(=O)OC)c1ccc(Br)c(=O)o1. The Morgan fingerprint density at radius 3 is 2.18 bits per heavy atom. The number of hydrogen-bond acceptors (Lipinski definition) is 6. The normalized spacial score (nSPS) is 10.1. The predicted octanol–water partition coefficient (Wildman–Crippen LogP) is 0.832. The Labute approximate surface area is 105 Å². The molecule has 1 rings (SSSR count). The molecule has 1 heterocycles. The standard InChI is InChI=1S/C10H9BrO6/c1-15-9(13)7(10(14)16-2)6-4-3-5(11)8(12)17-6/h3-4,7H,1-2H3. The number of carbonyl (C=O) groups excluding carboxylic acids is 2. The Morgan fingerprint density at radius 1 is 1.24 bits per heavy atom. The summed E-state index contributed by atoms with van der Waals surface area (Å²) in [6.45, 7) is 0. The van der Waals surface area contributed by atoms with E-state index in [1.165, 1.54) is 12.1 Å². The molecule has 0 aliphatic rings. The molecule has 0 bridgehead atoms. The molecule has 1 aromatic rings. The second-order valence-corrected chi connectivity index (χ2v) is 3.81. The number of rotatable bonds is 3. The van der Waals surface area contributed by atoms with Crippen molar-refractivity contribution in [3.8, 4) is 0 Å². The molecule has 7 heteroatoms. The monoisotopic (exact) mass is 304 g/mol. The Morgan fingerprint density at radius 2 is 1.76 bits per heavy atom. The smallest absolute Gasteiger partial charge is 0.350 e. The topological polar surface area (TPSA) is 82.8 Å². The maximum absolute atomic E-state index is 11.4. The number of esters is 2. The van der Waals surface area contributed by atoms with Gasteiger partial charge in [-0.15, -0.1) is 0 Å². The molecule has 0 aliphatic carbocycles. The molecule has 0 aromatic carbocycles. The first-order chi connectivity index (χ1) is 8.01. The summed E-state index contributed by atoms with van der Waals surface area (Å²) in [4.78, 5) is 34.1. The van der Waals surface area contributed by atoms with Gasteiger partial charge in [0, 0.05) is 0 Å². The van der Waals surface area contributed by atoms with Gasteiger partial charge in [0.15, 0.2) is 0 Å². The summed E-state index contributed by atoms with van der Waals surface area (Å²) in [5, 5.41) is 0. The largest absolute Gasteiger partial charge is 0.468 e. The number of halogens is 1. The highest BCUT2D eigenvalue weighted by atomic mass is 79.9. The van der Waals surface area contributed by atoms with E-state index < -0.39 is 23.5 Å². The van der Waals surface area contributed by atoms with Gasteiger partial charge in [-0.05, 0) is 28.1 Å². The Hall–Kier alpha value is -1.63. The molecular weight excluding hydrogens is 296 g/mol. The summed E-state index contributed by atoms with van der Waals surface area (Å²) in [5.41, 5.74) is -0.694. The van der Waals surface area contributed by atoms with Crippen molar-refractivity contribution in [2.75, 3.05) is 14.2 Å². The molecule has 0 spiro atoms. The molecule has 17 heavy (non-hydrogen) atoms. The van der Waals surface area contributed by atoms with Crippen molar-refractivity contribution in [3.63, 3.8) is 0 Å². The molecule has 0 saturated heterocycles. The molecule has 6 nitrogen and oxygen atoms in total.